The fourth-order valence-electron chi connectivity index (χ4n) is 3.47. The number of para-hydroxylation sites is 1. The monoisotopic (exact) mass is 351 g/mol. The van der Waals surface area contributed by atoms with Crippen LogP contribution in [0.25, 0.3) is 0 Å². The summed E-state index contributed by atoms with van der Waals surface area (Å²) in [5, 5.41) is 0. The second kappa shape index (κ2) is 7.21. The molecule has 0 N–H and O–H groups in total. The minimum atomic E-state index is -3.10. The number of rotatable bonds is 4. The molecule has 3 rings (SSSR count). The van der Waals surface area contributed by atoms with Gasteiger partial charge in [0, 0.05) is 51.4 Å². The molecule has 0 unspecified atom stereocenters. The highest BCUT2D eigenvalue weighted by Gasteiger charge is 2.25. The Kier molecular flexibility index (Phi) is 5.22. The summed E-state index contributed by atoms with van der Waals surface area (Å²) in [6, 6.07) is 8.12. The molecular formula is C17H25N3O3S. The van der Waals surface area contributed by atoms with Gasteiger partial charge in [-0.1, -0.05) is 18.2 Å². The van der Waals surface area contributed by atoms with E-state index in [0.29, 0.717) is 39.1 Å². The zero-order valence-electron chi connectivity index (χ0n) is 14.1. The van der Waals surface area contributed by atoms with E-state index in [9.17, 15) is 13.2 Å². The molecule has 0 saturated carbocycles. The predicted molar refractivity (Wildman–Crippen MR) is 94.6 cm³/mol. The van der Waals surface area contributed by atoms with Crippen LogP contribution in [-0.2, 0) is 21.2 Å². The number of fused-ring (bicyclic) bond motifs is 1. The highest BCUT2D eigenvalue weighted by atomic mass is 32.2. The number of piperazine rings is 1. The van der Waals surface area contributed by atoms with Crippen molar-refractivity contribution < 1.29 is 13.2 Å². The molecule has 7 heteroatoms. The maximum atomic E-state index is 12.6. The third kappa shape index (κ3) is 3.96. The van der Waals surface area contributed by atoms with Gasteiger partial charge in [0.15, 0.2) is 0 Å². The normalized spacial score (nSPS) is 20.0. The van der Waals surface area contributed by atoms with Gasteiger partial charge in [0.25, 0.3) is 0 Å². The number of sulfonamides is 1. The van der Waals surface area contributed by atoms with Crippen LogP contribution in [0.2, 0.25) is 0 Å². The number of anilines is 1. The fraction of sp³-hybridized carbons (Fsp3) is 0.588. The van der Waals surface area contributed by atoms with E-state index in [1.54, 1.807) is 0 Å². The molecule has 0 radical (unpaired) electrons. The van der Waals surface area contributed by atoms with Gasteiger partial charge in [-0.2, -0.15) is 4.31 Å². The summed E-state index contributed by atoms with van der Waals surface area (Å²) < 4.78 is 24.6. The predicted octanol–water partition coefficient (Wildman–Crippen LogP) is 0.933. The van der Waals surface area contributed by atoms with Gasteiger partial charge in [-0.25, -0.2) is 8.42 Å². The molecule has 1 fully saturated rings. The molecule has 1 amide bonds. The molecule has 1 saturated heterocycles. The first-order valence-electron chi connectivity index (χ1n) is 8.51. The lowest BCUT2D eigenvalue weighted by Gasteiger charge is -2.34. The van der Waals surface area contributed by atoms with Crippen LogP contribution in [0.4, 0.5) is 5.69 Å². The largest absolute Gasteiger partial charge is 0.312 e. The lowest BCUT2D eigenvalue weighted by Crippen LogP contribution is -2.49. The molecule has 24 heavy (non-hydrogen) atoms. The van der Waals surface area contributed by atoms with Gasteiger partial charge in [0.1, 0.15) is 0 Å². The zero-order chi connectivity index (χ0) is 17.2. The first-order valence-corrected chi connectivity index (χ1v) is 10.4. The number of nitrogens with zero attached hydrogens (tertiary/aromatic N) is 3. The fourth-order valence-corrected chi connectivity index (χ4v) is 4.29. The van der Waals surface area contributed by atoms with Crippen molar-refractivity contribution in [2.45, 2.75) is 19.3 Å². The van der Waals surface area contributed by atoms with E-state index in [4.69, 9.17) is 0 Å². The second-order valence-corrected chi connectivity index (χ2v) is 8.51. The standard InChI is InChI=1S/C17H25N3O3S/c1-24(22,23)19-13-11-18(12-14-19)10-8-17(21)20-9-4-6-15-5-2-3-7-16(15)20/h2-3,5,7H,4,6,8-14H2,1H3. The summed E-state index contributed by atoms with van der Waals surface area (Å²) in [5.74, 6) is 0.160. The SMILES string of the molecule is CS(=O)(=O)N1CCN(CCC(=O)N2CCCc3ccccc32)CC1. The molecule has 2 aliphatic heterocycles. The molecule has 0 bridgehead atoms. The van der Waals surface area contributed by atoms with Gasteiger partial charge in [-0.05, 0) is 24.5 Å². The van der Waals surface area contributed by atoms with E-state index in [2.05, 4.69) is 11.0 Å². The highest BCUT2D eigenvalue weighted by molar-refractivity contribution is 7.88. The minimum absolute atomic E-state index is 0.160. The van der Waals surface area contributed by atoms with Crippen LogP contribution in [0, 0.1) is 0 Å². The lowest BCUT2D eigenvalue weighted by atomic mass is 10.0. The quantitative estimate of drug-likeness (QED) is 0.810. The van der Waals surface area contributed by atoms with E-state index in [0.717, 1.165) is 25.1 Å². The molecule has 0 spiro atoms. The Balaban J connectivity index is 1.52. The van der Waals surface area contributed by atoms with Crippen molar-refractivity contribution in [2.24, 2.45) is 0 Å². The third-order valence-electron chi connectivity index (χ3n) is 4.85. The van der Waals surface area contributed by atoms with Crippen LogP contribution in [0.5, 0.6) is 0 Å². The molecule has 6 nitrogen and oxygen atoms in total. The number of carbonyl (C=O) groups is 1. The number of hydrogen-bond acceptors (Lipinski definition) is 4. The smallest absolute Gasteiger partial charge is 0.228 e. The average Bonchev–Trinajstić information content (AvgIpc) is 2.59. The molecular weight excluding hydrogens is 326 g/mol. The van der Waals surface area contributed by atoms with Crippen molar-refractivity contribution in [2.75, 3.05) is 50.4 Å². The van der Waals surface area contributed by atoms with Crippen LogP contribution in [0.15, 0.2) is 24.3 Å². The lowest BCUT2D eigenvalue weighted by molar-refractivity contribution is -0.119. The van der Waals surface area contributed by atoms with E-state index in [-0.39, 0.29) is 5.91 Å². The van der Waals surface area contributed by atoms with Crippen molar-refractivity contribution in [1.29, 1.82) is 0 Å². The Hall–Kier alpha value is -1.44. The molecule has 0 aromatic heterocycles. The molecule has 2 aliphatic rings. The third-order valence-corrected chi connectivity index (χ3v) is 6.16. The summed E-state index contributed by atoms with van der Waals surface area (Å²) in [6.45, 7) is 3.89. The Morgan fingerprint density at radius 3 is 2.50 bits per heavy atom. The van der Waals surface area contributed by atoms with E-state index in [1.807, 2.05) is 23.1 Å². The van der Waals surface area contributed by atoms with Gasteiger partial charge < -0.3 is 9.80 Å². The Labute approximate surface area is 144 Å². The van der Waals surface area contributed by atoms with E-state index in [1.165, 1.54) is 16.1 Å². The average molecular weight is 351 g/mol. The highest BCUT2D eigenvalue weighted by Crippen LogP contribution is 2.27. The van der Waals surface area contributed by atoms with Crippen molar-refractivity contribution in [3.05, 3.63) is 29.8 Å². The van der Waals surface area contributed by atoms with E-state index >= 15 is 0 Å². The Morgan fingerprint density at radius 1 is 1.08 bits per heavy atom. The number of amides is 1. The van der Waals surface area contributed by atoms with Gasteiger partial charge in [0.2, 0.25) is 15.9 Å². The minimum Gasteiger partial charge on any atom is -0.312 e. The second-order valence-electron chi connectivity index (χ2n) is 6.53. The number of hydrogen-bond donors (Lipinski definition) is 0. The van der Waals surface area contributed by atoms with Crippen LogP contribution < -0.4 is 4.90 Å². The van der Waals surface area contributed by atoms with Crippen molar-refractivity contribution in [1.82, 2.24) is 9.21 Å². The summed E-state index contributed by atoms with van der Waals surface area (Å²) in [7, 11) is -3.10. The van der Waals surface area contributed by atoms with E-state index < -0.39 is 10.0 Å². The maximum absolute atomic E-state index is 12.6. The van der Waals surface area contributed by atoms with Crippen LogP contribution in [0.3, 0.4) is 0 Å². The van der Waals surface area contributed by atoms with Crippen molar-refractivity contribution in [3.8, 4) is 0 Å². The number of carbonyl (C=O) groups excluding carboxylic acids is 1. The van der Waals surface area contributed by atoms with Crippen molar-refractivity contribution >= 4 is 21.6 Å². The Morgan fingerprint density at radius 2 is 1.79 bits per heavy atom. The summed E-state index contributed by atoms with van der Waals surface area (Å²) in [6.07, 6.45) is 3.77. The maximum Gasteiger partial charge on any atom is 0.228 e. The summed E-state index contributed by atoms with van der Waals surface area (Å²) >= 11 is 0. The van der Waals surface area contributed by atoms with Gasteiger partial charge in [-0.15, -0.1) is 0 Å². The zero-order valence-corrected chi connectivity index (χ0v) is 15.0. The molecule has 132 valence electrons. The van der Waals surface area contributed by atoms with Gasteiger partial charge in [-0.3, -0.25) is 4.79 Å². The molecule has 1 aromatic carbocycles. The van der Waals surface area contributed by atoms with Crippen LogP contribution >= 0.6 is 0 Å². The molecule has 2 heterocycles. The molecule has 0 aliphatic carbocycles. The summed E-state index contributed by atoms with van der Waals surface area (Å²) in [5.41, 5.74) is 2.30. The van der Waals surface area contributed by atoms with Gasteiger partial charge >= 0.3 is 0 Å². The summed E-state index contributed by atoms with van der Waals surface area (Å²) in [4.78, 5) is 16.7. The topological polar surface area (TPSA) is 60.9 Å². The van der Waals surface area contributed by atoms with Crippen molar-refractivity contribution in [3.63, 3.8) is 0 Å². The van der Waals surface area contributed by atoms with Gasteiger partial charge in [0.05, 0.1) is 6.26 Å². The van der Waals surface area contributed by atoms with Crippen LogP contribution in [0.1, 0.15) is 18.4 Å². The first kappa shape index (κ1) is 17.4. The van der Waals surface area contributed by atoms with Crippen LogP contribution in [-0.4, -0.2) is 69.1 Å². The number of benzene rings is 1. The molecule has 0 atom stereocenters. The number of aryl methyl sites for hydroxylation is 1. The first-order chi connectivity index (χ1) is 11.4. The molecule has 1 aromatic rings. The Bertz CT molecular complexity index is 697.